The van der Waals surface area contributed by atoms with Gasteiger partial charge in [0, 0.05) is 21.8 Å². The van der Waals surface area contributed by atoms with Crippen LogP contribution < -0.4 is 5.32 Å². The highest BCUT2D eigenvalue weighted by Gasteiger charge is 2.23. The zero-order valence-electron chi connectivity index (χ0n) is 15.7. The highest BCUT2D eigenvalue weighted by Crippen LogP contribution is 2.26. The van der Waals surface area contributed by atoms with Crippen molar-refractivity contribution in [3.8, 4) is 0 Å². The average molecular weight is 418 g/mol. The molecule has 8 heteroatoms. The highest BCUT2D eigenvalue weighted by atomic mass is 35.5. The second kappa shape index (κ2) is 8.53. The van der Waals surface area contributed by atoms with E-state index < -0.39 is 24.1 Å². The van der Waals surface area contributed by atoms with Gasteiger partial charge in [-0.1, -0.05) is 41.9 Å². The maximum absolute atomic E-state index is 12.9. The molecule has 0 bridgehead atoms. The minimum absolute atomic E-state index is 0.231. The van der Waals surface area contributed by atoms with Gasteiger partial charge < -0.3 is 5.32 Å². The summed E-state index contributed by atoms with van der Waals surface area (Å²) < 4.78 is 27.0. The monoisotopic (exact) mass is 417 g/mol. The molecule has 150 valence electrons. The van der Waals surface area contributed by atoms with Gasteiger partial charge in [-0.15, -0.1) is 0 Å². The number of nitrogens with one attached hydrogen (secondary N) is 1. The van der Waals surface area contributed by atoms with Crippen molar-refractivity contribution in [2.45, 2.75) is 26.3 Å². The quantitative estimate of drug-likeness (QED) is 0.560. The Hall–Kier alpha value is -3.06. The summed E-state index contributed by atoms with van der Waals surface area (Å²) in [7, 11) is 0. The molecule has 1 atom stereocenters. The number of aromatic nitrogens is 2. The zero-order chi connectivity index (χ0) is 21.1. The lowest BCUT2D eigenvalue weighted by Gasteiger charge is -2.16. The molecule has 3 aromatic rings. The molecule has 0 radical (unpaired) electrons. The lowest BCUT2D eigenvalue weighted by molar-refractivity contribution is -0.119. The minimum Gasteiger partial charge on any atom is -0.324 e. The number of rotatable bonds is 6. The van der Waals surface area contributed by atoms with Crippen LogP contribution in [0.25, 0.3) is 0 Å². The number of carbonyl (C=O) groups excluding carboxylic acids is 2. The number of carbonyl (C=O) groups is 2. The van der Waals surface area contributed by atoms with Crippen LogP contribution in [0.1, 0.15) is 46.7 Å². The number of halogens is 3. The summed E-state index contributed by atoms with van der Waals surface area (Å²) in [6, 6.07) is 13.5. The molecule has 0 spiro atoms. The van der Waals surface area contributed by atoms with Crippen LogP contribution in [-0.4, -0.2) is 21.5 Å². The van der Waals surface area contributed by atoms with Crippen LogP contribution in [0.5, 0.6) is 0 Å². The summed E-state index contributed by atoms with van der Waals surface area (Å²) in [6.45, 7) is 3.13. The molecule has 0 aliphatic carbocycles. The maximum Gasteiger partial charge on any atom is 0.282 e. The summed E-state index contributed by atoms with van der Waals surface area (Å²) in [5.74, 6) is -0.798. The SMILES string of the molecule is Cc1cc(C(F)F)nn1C(C)C(=O)Nc1ccc(Cl)cc1C(=O)c1ccccc1. The number of aryl methyl sites for hydroxylation is 1. The Morgan fingerprint density at radius 3 is 2.41 bits per heavy atom. The number of alkyl halides is 2. The fourth-order valence-electron chi connectivity index (χ4n) is 2.92. The Balaban J connectivity index is 1.88. The number of anilines is 1. The average Bonchev–Trinajstić information content (AvgIpc) is 3.10. The second-order valence-corrected chi connectivity index (χ2v) is 6.94. The van der Waals surface area contributed by atoms with Crippen molar-refractivity contribution < 1.29 is 18.4 Å². The minimum atomic E-state index is -2.73. The number of amides is 1. The van der Waals surface area contributed by atoms with Gasteiger partial charge in [-0.05, 0) is 38.1 Å². The molecule has 0 saturated carbocycles. The van der Waals surface area contributed by atoms with E-state index in [9.17, 15) is 18.4 Å². The second-order valence-electron chi connectivity index (χ2n) is 6.51. The molecule has 29 heavy (non-hydrogen) atoms. The van der Waals surface area contributed by atoms with Crippen molar-refractivity contribution in [3.63, 3.8) is 0 Å². The molecule has 1 N–H and O–H groups in total. The van der Waals surface area contributed by atoms with Crippen LogP contribution in [-0.2, 0) is 4.79 Å². The molecule has 0 aliphatic rings. The lowest BCUT2D eigenvalue weighted by Crippen LogP contribution is -2.26. The molecule has 1 unspecified atom stereocenters. The van der Waals surface area contributed by atoms with Crippen LogP contribution >= 0.6 is 11.6 Å². The first-order valence-corrected chi connectivity index (χ1v) is 9.20. The highest BCUT2D eigenvalue weighted by molar-refractivity contribution is 6.31. The fourth-order valence-corrected chi connectivity index (χ4v) is 3.09. The molecule has 2 aromatic carbocycles. The smallest absolute Gasteiger partial charge is 0.282 e. The number of benzene rings is 2. The Kier molecular flexibility index (Phi) is 6.08. The van der Waals surface area contributed by atoms with Crippen LogP contribution in [0.2, 0.25) is 5.02 Å². The fraction of sp³-hybridized carbons (Fsp3) is 0.190. The van der Waals surface area contributed by atoms with Crippen molar-refractivity contribution in [1.82, 2.24) is 9.78 Å². The van der Waals surface area contributed by atoms with Crippen LogP contribution in [0.3, 0.4) is 0 Å². The first-order chi connectivity index (χ1) is 13.8. The lowest BCUT2D eigenvalue weighted by atomic mass is 10.0. The predicted octanol–water partition coefficient (Wildman–Crippen LogP) is 5.21. The van der Waals surface area contributed by atoms with Gasteiger partial charge in [0.1, 0.15) is 11.7 Å². The van der Waals surface area contributed by atoms with E-state index in [4.69, 9.17) is 11.6 Å². The number of nitrogens with zero attached hydrogens (tertiary/aromatic N) is 2. The van der Waals surface area contributed by atoms with Crippen LogP contribution in [0.4, 0.5) is 14.5 Å². The molecule has 0 aliphatic heterocycles. The Morgan fingerprint density at radius 1 is 1.10 bits per heavy atom. The third-order valence-corrected chi connectivity index (χ3v) is 4.67. The summed E-state index contributed by atoms with van der Waals surface area (Å²) in [5, 5.41) is 6.84. The zero-order valence-corrected chi connectivity index (χ0v) is 16.5. The summed E-state index contributed by atoms with van der Waals surface area (Å²) in [4.78, 5) is 25.6. The third kappa shape index (κ3) is 4.51. The molecule has 1 aromatic heterocycles. The molecular weight excluding hydrogens is 400 g/mol. The van der Waals surface area contributed by atoms with E-state index >= 15 is 0 Å². The summed E-state index contributed by atoms with van der Waals surface area (Å²) in [5.41, 5.74) is 0.991. The van der Waals surface area contributed by atoms with Crippen molar-refractivity contribution in [2.75, 3.05) is 5.32 Å². The number of hydrogen-bond donors (Lipinski definition) is 1. The number of hydrogen-bond acceptors (Lipinski definition) is 3. The van der Waals surface area contributed by atoms with Gasteiger partial charge in [-0.3, -0.25) is 14.3 Å². The molecule has 3 rings (SSSR count). The van der Waals surface area contributed by atoms with E-state index in [1.165, 1.54) is 22.9 Å². The first-order valence-electron chi connectivity index (χ1n) is 8.82. The third-order valence-electron chi connectivity index (χ3n) is 4.43. The van der Waals surface area contributed by atoms with Crippen molar-refractivity contribution in [2.24, 2.45) is 0 Å². The standard InChI is InChI=1S/C21H18ClF2N3O2/c1-12-10-18(20(23)24)26-27(12)13(2)21(29)25-17-9-8-15(22)11-16(17)19(28)14-6-4-3-5-7-14/h3-11,13,20H,1-2H3,(H,25,29). The van der Waals surface area contributed by atoms with E-state index in [0.29, 0.717) is 16.3 Å². The molecule has 0 saturated heterocycles. The van der Waals surface area contributed by atoms with Gasteiger partial charge in [0.05, 0.1) is 5.69 Å². The van der Waals surface area contributed by atoms with Gasteiger partial charge in [-0.25, -0.2) is 8.78 Å². The van der Waals surface area contributed by atoms with Crippen molar-refractivity contribution >= 4 is 29.0 Å². The van der Waals surface area contributed by atoms with Crippen molar-refractivity contribution in [3.05, 3.63) is 82.1 Å². The van der Waals surface area contributed by atoms with E-state index in [1.807, 2.05) is 0 Å². The largest absolute Gasteiger partial charge is 0.324 e. The number of ketones is 1. The van der Waals surface area contributed by atoms with Gasteiger partial charge in [-0.2, -0.15) is 5.10 Å². The summed E-state index contributed by atoms with van der Waals surface area (Å²) >= 11 is 6.05. The topological polar surface area (TPSA) is 64.0 Å². The first kappa shape index (κ1) is 20.7. The van der Waals surface area contributed by atoms with E-state index in [1.54, 1.807) is 50.2 Å². The predicted molar refractivity (Wildman–Crippen MR) is 107 cm³/mol. The van der Waals surface area contributed by atoms with Gasteiger partial charge in [0.2, 0.25) is 5.91 Å². The van der Waals surface area contributed by atoms with E-state index in [0.717, 1.165) is 0 Å². The molecule has 1 heterocycles. The summed E-state index contributed by atoms with van der Waals surface area (Å²) in [6.07, 6.45) is -2.73. The molecule has 5 nitrogen and oxygen atoms in total. The normalized spacial score (nSPS) is 12.1. The van der Waals surface area contributed by atoms with Gasteiger partial charge in [0.15, 0.2) is 5.78 Å². The Bertz CT molecular complexity index is 1050. The van der Waals surface area contributed by atoms with E-state index in [2.05, 4.69) is 10.4 Å². The molecule has 0 fully saturated rings. The molecule has 1 amide bonds. The maximum atomic E-state index is 12.9. The van der Waals surface area contributed by atoms with Gasteiger partial charge in [0.25, 0.3) is 6.43 Å². The van der Waals surface area contributed by atoms with Gasteiger partial charge >= 0.3 is 0 Å². The van der Waals surface area contributed by atoms with Crippen LogP contribution in [0, 0.1) is 6.92 Å². The Morgan fingerprint density at radius 2 is 1.79 bits per heavy atom. The van der Waals surface area contributed by atoms with Crippen LogP contribution in [0.15, 0.2) is 54.6 Å². The van der Waals surface area contributed by atoms with Crippen molar-refractivity contribution in [1.29, 1.82) is 0 Å². The molecular formula is C21H18ClF2N3O2. The van der Waals surface area contributed by atoms with E-state index in [-0.39, 0.29) is 17.0 Å². The Labute approximate surface area is 171 Å².